The Balaban J connectivity index is 2.12. The van der Waals surface area contributed by atoms with Crippen LogP contribution in [0.2, 0.25) is 0 Å². The average Bonchev–Trinajstić information content (AvgIpc) is 2.82. The largest absolute Gasteiger partial charge is 0.480 e. The van der Waals surface area contributed by atoms with Crippen molar-refractivity contribution in [1.29, 1.82) is 0 Å². The molecule has 0 aromatic heterocycles. The van der Waals surface area contributed by atoms with Crippen LogP contribution in [0.15, 0.2) is 0 Å². The summed E-state index contributed by atoms with van der Waals surface area (Å²) < 4.78 is 11.0. The molecule has 2 aliphatic rings. The van der Waals surface area contributed by atoms with Crippen molar-refractivity contribution in [1.82, 2.24) is 20.0 Å². The van der Waals surface area contributed by atoms with Crippen LogP contribution in [0.5, 0.6) is 0 Å². The van der Waals surface area contributed by atoms with Crippen LogP contribution in [0.25, 0.3) is 0 Å². The van der Waals surface area contributed by atoms with Gasteiger partial charge in [-0.2, -0.15) is 0 Å². The molecule has 220 valence electrons. The van der Waals surface area contributed by atoms with Crippen molar-refractivity contribution >= 4 is 17.9 Å². The Labute approximate surface area is 219 Å². The van der Waals surface area contributed by atoms with Gasteiger partial charge in [-0.25, -0.2) is 0 Å². The van der Waals surface area contributed by atoms with Crippen molar-refractivity contribution in [3.63, 3.8) is 0 Å². The third kappa shape index (κ3) is 10.3. The molecule has 2 aliphatic heterocycles. The maximum Gasteiger partial charge on any atom is 0.317 e. The minimum absolute atomic E-state index is 0.0675. The van der Waals surface area contributed by atoms with E-state index in [1.54, 1.807) is 14.7 Å². The zero-order chi connectivity index (χ0) is 28.3. The van der Waals surface area contributed by atoms with Gasteiger partial charge in [-0.15, -0.1) is 0 Å². The van der Waals surface area contributed by atoms with Crippen LogP contribution >= 0.6 is 0 Å². The Bertz CT molecular complexity index is 777. The maximum atomic E-state index is 11.5. The Morgan fingerprint density at radius 3 is 1.97 bits per heavy atom. The van der Waals surface area contributed by atoms with Gasteiger partial charge in [-0.3, -0.25) is 34.4 Å². The number of nitrogens with one attached hydrogen (secondary N) is 1. The molecule has 2 saturated heterocycles. The van der Waals surface area contributed by atoms with E-state index in [0.717, 1.165) is 0 Å². The van der Waals surface area contributed by atoms with E-state index in [2.05, 4.69) is 5.32 Å². The number of rotatable bonds is 11. The predicted molar refractivity (Wildman–Crippen MR) is 128 cm³/mol. The summed E-state index contributed by atoms with van der Waals surface area (Å²) in [5.74, 6) is -3.19. The van der Waals surface area contributed by atoms with Crippen LogP contribution in [-0.4, -0.2) is 184 Å². The maximum absolute atomic E-state index is 11.5. The van der Waals surface area contributed by atoms with Gasteiger partial charge in [0.2, 0.25) is 0 Å². The summed E-state index contributed by atoms with van der Waals surface area (Å²) in [6, 6.07) is 0. The fourth-order valence-electron chi connectivity index (χ4n) is 4.51. The van der Waals surface area contributed by atoms with E-state index in [9.17, 15) is 50.1 Å². The first-order chi connectivity index (χ1) is 17.9. The van der Waals surface area contributed by atoms with E-state index in [4.69, 9.17) is 9.47 Å². The molecule has 0 amide bonds. The zero-order valence-electron chi connectivity index (χ0n) is 21.2. The van der Waals surface area contributed by atoms with Crippen molar-refractivity contribution < 1.29 is 59.6 Å². The van der Waals surface area contributed by atoms with Gasteiger partial charge in [0, 0.05) is 52.2 Å². The average molecular weight is 553 g/mol. The summed E-state index contributed by atoms with van der Waals surface area (Å²) in [5, 5.41) is 71.8. The fraction of sp³-hybridized carbons (Fsp3) is 0.864. The van der Waals surface area contributed by atoms with Crippen LogP contribution in [0.4, 0.5) is 0 Å². The second-order valence-electron chi connectivity index (χ2n) is 9.54. The molecule has 2 fully saturated rings. The lowest BCUT2D eigenvalue weighted by Crippen LogP contribution is -2.64. The molecule has 0 radical (unpaired) electrons. The molecular formula is C22H40N4O12. The highest BCUT2D eigenvalue weighted by Gasteiger charge is 2.50. The normalized spacial score (nSPS) is 31.3. The molecule has 16 nitrogen and oxygen atoms in total. The number of aliphatic hydroxyl groups excluding tert-OH is 3. The van der Waals surface area contributed by atoms with Gasteiger partial charge in [-0.1, -0.05) is 0 Å². The predicted octanol–water partition coefficient (Wildman–Crippen LogP) is -4.67. The number of carbonyl (C=O) groups is 3. The number of aliphatic hydroxyl groups is 4. The monoisotopic (exact) mass is 552 g/mol. The minimum atomic E-state index is -2.01. The van der Waals surface area contributed by atoms with Gasteiger partial charge in [0.15, 0.2) is 0 Å². The first-order valence-electron chi connectivity index (χ1n) is 12.4. The number of aliphatic carboxylic acids is 3. The standard InChI is InChI=1S/C22H40N4O12/c27-13-15-21(35)22(36,16(28)14-38-15)1-8-37-17-9-26(12-20(33)34)7-6-25(11-19(31)32)5-4-24(3-2-23-17)10-18(29)30/h15-17,21,23,27-28,35-36H,1-14H2,(H,29,30)(H,31,32)(H,33,34)/t15-,16+,17?,21+,22-/m1/s1. The van der Waals surface area contributed by atoms with Gasteiger partial charge < -0.3 is 45.2 Å². The number of hydrogen-bond acceptors (Lipinski definition) is 13. The molecule has 0 spiro atoms. The Kier molecular flexibility index (Phi) is 13.2. The van der Waals surface area contributed by atoms with E-state index in [0.29, 0.717) is 0 Å². The molecule has 2 heterocycles. The van der Waals surface area contributed by atoms with Crippen molar-refractivity contribution in [2.24, 2.45) is 0 Å². The van der Waals surface area contributed by atoms with Crippen molar-refractivity contribution in [3.05, 3.63) is 0 Å². The van der Waals surface area contributed by atoms with E-state index in [1.165, 1.54) is 0 Å². The van der Waals surface area contributed by atoms with Gasteiger partial charge in [-0.05, 0) is 0 Å². The first kappa shape index (κ1) is 32.2. The van der Waals surface area contributed by atoms with Gasteiger partial charge in [0.05, 0.1) is 39.5 Å². The highest BCUT2D eigenvalue weighted by Crippen LogP contribution is 2.29. The van der Waals surface area contributed by atoms with E-state index in [1.807, 2.05) is 0 Å². The number of carboxylic acid groups (broad SMARTS) is 3. The fourth-order valence-corrected chi connectivity index (χ4v) is 4.51. The minimum Gasteiger partial charge on any atom is -0.480 e. The summed E-state index contributed by atoms with van der Waals surface area (Å²) in [4.78, 5) is 38.9. The third-order valence-corrected chi connectivity index (χ3v) is 6.68. The molecule has 0 bridgehead atoms. The van der Waals surface area contributed by atoms with Crippen LogP contribution < -0.4 is 5.32 Å². The van der Waals surface area contributed by atoms with Crippen LogP contribution in [0.3, 0.4) is 0 Å². The number of hydrogen-bond donors (Lipinski definition) is 8. The second kappa shape index (κ2) is 15.6. The Morgan fingerprint density at radius 2 is 1.42 bits per heavy atom. The summed E-state index contributed by atoms with van der Waals surface area (Å²) in [6.45, 7) is -0.325. The molecule has 38 heavy (non-hydrogen) atoms. The van der Waals surface area contributed by atoms with Gasteiger partial charge >= 0.3 is 17.9 Å². The summed E-state index contributed by atoms with van der Waals surface area (Å²) in [7, 11) is 0. The van der Waals surface area contributed by atoms with Crippen molar-refractivity contribution in [2.75, 3.05) is 85.3 Å². The first-order valence-corrected chi connectivity index (χ1v) is 12.4. The number of ether oxygens (including phenoxy) is 2. The van der Waals surface area contributed by atoms with Crippen molar-refractivity contribution in [3.8, 4) is 0 Å². The Morgan fingerprint density at radius 1 is 0.895 bits per heavy atom. The topological polar surface area (TPSA) is 233 Å². The van der Waals surface area contributed by atoms with Crippen LogP contribution in [-0.2, 0) is 23.9 Å². The Hall–Kier alpha value is -1.99. The smallest absolute Gasteiger partial charge is 0.317 e. The quantitative estimate of drug-likeness (QED) is 0.120. The highest BCUT2D eigenvalue weighted by atomic mass is 16.5. The molecule has 16 heteroatoms. The van der Waals surface area contributed by atoms with Gasteiger partial charge in [0.1, 0.15) is 30.1 Å². The molecule has 0 aromatic rings. The highest BCUT2D eigenvalue weighted by molar-refractivity contribution is 5.69. The zero-order valence-corrected chi connectivity index (χ0v) is 21.2. The lowest BCUT2D eigenvalue weighted by atomic mass is 9.82. The molecule has 2 rings (SSSR count). The number of nitrogens with zero attached hydrogens (tertiary/aromatic N) is 3. The SMILES string of the molecule is O=C(O)CN1CCNC(OCC[C@@]2(O)[C@@H](O)CO[C@H](CO)[C@@H]2O)CN(CC(=O)O)CCN(CC(=O)O)CC1. The van der Waals surface area contributed by atoms with Crippen LogP contribution in [0.1, 0.15) is 6.42 Å². The van der Waals surface area contributed by atoms with Crippen molar-refractivity contribution in [2.45, 2.75) is 36.6 Å². The second-order valence-corrected chi connectivity index (χ2v) is 9.54. The molecule has 5 atom stereocenters. The summed E-state index contributed by atoms with van der Waals surface area (Å²) in [5.41, 5.74) is -2.01. The molecular weight excluding hydrogens is 512 g/mol. The molecule has 8 N–H and O–H groups in total. The van der Waals surface area contributed by atoms with E-state index in [-0.39, 0.29) is 85.1 Å². The molecule has 0 aromatic carbocycles. The molecule has 0 saturated carbocycles. The lowest BCUT2D eigenvalue weighted by molar-refractivity contribution is -0.253. The third-order valence-electron chi connectivity index (χ3n) is 6.68. The van der Waals surface area contributed by atoms with E-state index < -0.39 is 54.7 Å². The van der Waals surface area contributed by atoms with Gasteiger partial charge in [0.25, 0.3) is 0 Å². The lowest BCUT2D eigenvalue weighted by Gasteiger charge is -2.44. The number of carboxylic acids is 3. The van der Waals surface area contributed by atoms with Crippen LogP contribution in [0, 0.1) is 0 Å². The molecule has 0 aliphatic carbocycles. The summed E-state index contributed by atoms with van der Waals surface area (Å²) >= 11 is 0. The van der Waals surface area contributed by atoms with E-state index >= 15 is 0 Å². The summed E-state index contributed by atoms with van der Waals surface area (Å²) in [6.07, 6.45) is -5.08. The molecule has 1 unspecified atom stereocenters.